The Bertz CT molecular complexity index is 796. The third kappa shape index (κ3) is 3.66. The van der Waals surface area contributed by atoms with E-state index in [1.165, 1.54) is 6.07 Å². The lowest BCUT2D eigenvalue weighted by molar-refractivity contribution is 0.251. The number of benzene rings is 1. The van der Waals surface area contributed by atoms with Crippen molar-refractivity contribution in [3.8, 4) is 0 Å². The van der Waals surface area contributed by atoms with Crippen molar-refractivity contribution in [2.75, 3.05) is 13.1 Å². The van der Waals surface area contributed by atoms with Gasteiger partial charge < -0.3 is 4.57 Å². The lowest BCUT2D eigenvalue weighted by Gasteiger charge is -2.31. The van der Waals surface area contributed by atoms with Crippen LogP contribution >= 0.6 is 11.6 Å². The largest absolute Gasteiger partial charge is 0.335 e. The number of hydrogen-bond acceptors (Lipinski definition) is 3. The summed E-state index contributed by atoms with van der Waals surface area (Å²) >= 11 is 5.93. The highest BCUT2D eigenvalue weighted by molar-refractivity contribution is 7.89. The number of sulfonamides is 1. The van der Waals surface area contributed by atoms with Crippen molar-refractivity contribution in [1.82, 2.24) is 13.9 Å². The average molecular weight is 368 g/mol. The summed E-state index contributed by atoms with van der Waals surface area (Å²) in [6.07, 6.45) is 6.47. The van der Waals surface area contributed by atoms with E-state index in [-0.39, 0.29) is 4.90 Å². The second kappa shape index (κ2) is 7.25. The van der Waals surface area contributed by atoms with Crippen LogP contribution in [0.2, 0.25) is 5.02 Å². The number of nitrogens with zero attached hydrogens (tertiary/aromatic N) is 3. The number of aromatic nitrogens is 2. The lowest BCUT2D eigenvalue weighted by atomic mass is 9.98. The predicted octanol–water partition coefficient (Wildman–Crippen LogP) is 3.20. The first-order chi connectivity index (χ1) is 11.5. The first kappa shape index (κ1) is 17.5. The van der Waals surface area contributed by atoms with E-state index in [4.69, 9.17) is 11.6 Å². The summed E-state index contributed by atoms with van der Waals surface area (Å²) in [6, 6.07) is 6.48. The highest BCUT2D eigenvalue weighted by Gasteiger charge is 2.29. The summed E-state index contributed by atoms with van der Waals surface area (Å²) in [6.45, 7) is 4.11. The Morgan fingerprint density at radius 1 is 1.29 bits per heavy atom. The minimum absolute atomic E-state index is 0.274. The topological polar surface area (TPSA) is 55.2 Å². The zero-order valence-corrected chi connectivity index (χ0v) is 15.3. The van der Waals surface area contributed by atoms with Gasteiger partial charge in [0, 0.05) is 43.5 Å². The molecule has 2 aromatic rings. The highest BCUT2D eigenvalue weighted by atomic mass is 35.5. The SMILES string of the molecule is CCc1nccn1CC1CCN(S(=O)(=O)c2cccc(Cl)c2)CC1. The van der Waals surface area contributed by atoms with Crippen molar-refractivity contribution in [2.45, 2.75) is 37.6 Å². The molecule has 1 aromatic heterocycles. The quantitative estimate of drug-likeness (QED) is 0.815. The van der Waals surface area contributed by atoms with Gasteiger partial charge in [0.2, 0.25) is 10.0 Å². The van der Waals surface area contributed by atoms with Gasteiger partial charge in [-0.25, -0.2) is 13.4 Å². The molecule has 1 fully saturated rings. The van der Waals surface area contributed by atoms with Crippen LogP contribution in [-0.2, 0) is 23.0 Å². The van der Waals surface area contributed by atoms with E-state index in [0.29, 0.717) is 24.0 Å². The van der Waals surface area contributed by atoms with E-state index >= 15 is 0 Å². The average Bonchev–Trinajstić information content (AvgIpc) is 3.02. The minimum atomic E-state index is -3.45. The second-order valence-electron chi connectivity index (χ2n) is 6.15. The van der Waals surface area contributed by atoms with Gasteiger partial charge >= 0.3 is 0 Å². The van der Waals surface area contributed by atoms with Crippen LogP contribution < -0.4 is 0 Å². The molecule has 0 bridgehead atoms. The third-order valence-corrected chi connectivity index (χ3v) is 6.71. The molecule has 7 heteroatoms. The van der Waals surface area contributed by atoms with Gasteiger partial charge in [-0.3, -0.25) is 0 Å². The van der Waals surface area contributed by atoms with Gasteiger partial charge in [0.05, 0.1) is 4.90 Å². The molecular formula is C17H22ClN3O2S. The molecule has 0 N–H and O–H groups in total. The van der Waals surface area contributed by atoms with Crippen LogP contribution in [0.1, 0.15) is 25.6 Å². The Kier molecular flexibility index (Phi) is 5.27. The molecule has 0 amide bonds. The van der Waals surface area contributed by atoms with Crippen molar-refractivity contribution in [1.29, 1.82) is 0 Å². The summed E-state index contributed by atoms with van der Waals surface area (Å²) in [5.74, 6) is 1.57. The van der Waals surface area contributed by atoms with Crippen LogP contribution in [0.3, 0.4) is 0 Å². The molecule has 0 aliphatic carbocycles. The summed E-state index contributed by atoms with van der Waals surface area (Å²) in [4.78, 5) is 4.62. The Labute approximate surface area is 148 Å². The van der Waals surface area contributed by atoms with Gasteiger partial charge in [0.1, 0.15) is 5.82 Å². The van der Waals surface area contributed by atoms with E-state index in [1.54, 1.807) is 22.5 Å². The number of hydrogen-bond donors (Lipinski definition) is 0. The van der Waals surface area contributed by atoms with Gasteiger partial charge in [-0.1, -0.05) is 24.6 Å². The van der Waals surface area contributed by atoms with E-state index in [2.05, 4.69) is 16.5 Å². The van der Waals surface area contributed by atoms with Crippen molar-refractivity contribution in [2.24, 2.45) is 5.92 Å². The molecule has 0 atom stereocenters. The van der Waals surface area contributed by atoms with Crippen LogP contribution in [0.25, 0.3) is 0 Å². The Hall–Kier alpha value is -1.37. The van der Waals surface area contributed by atoms with Crippen molar-refractivity contribution < 1.29 is 8.42 Å². The van der Waals surface area contributed by atoms with E-state index < -0.39 is 10.0 Å². The molecule has 0 radical (unpaired) electrons. The first-order valence-electron chi connectivity index (χ1n) is 8.26. The number of halogens is 1. The number of imidazole rings is 1. The molecule has 2 heterocycles. The fourth-order valence-corrected chi connectivity index (χ4v) is 4.98. The van der Waals surface area contributed by atoms with E-state index in [0.717, 1.165) is 31.6 Å². The second-order valence-corrected chi connectivity index (χ2v) is 8.53. The van der Waals surface area contributed by atoms with Gasteiger partial charge in [-0.05, 0) is 37.0 Å². The van der Waals surface area contributed by atoms with Crippen LogP contribution in [0.4, 0.5) is 0 Å². The Morgan fingerprint density at radius 3 is 2.71 bits per heavy atom. The summed E-state index contributed by atoms with van der Waals surface area (Å²) in [7, 11) is -3.45. The van der Waals surface area contributed by atoms with Gasteiger partial charge in [0.25, 0.3) is 0 Å². The molecule has 130 valence electrons. The Balaban J connectivity index is 1.64. The monoisotopic (exact) mass is 367 g/mol. The lowest BCUT2D eigenvalue weighted by Crippen LogP contribution is -2.39. The van der Waals surface area contributed by atoms with Gasteiger partial charge in [0.15, 0.2) is 0 Å². The molecule has 0 saturated carbocycles. The maximum Gasteiger partial charge on any atom is 0.243 e. The van der Waals surface area contributed by atoms with Crippen molar-refractivity contribution >= 4 is 21.6 Å². The Morgan fingerprint density at radius 2 is 2.04 bits per heavy atom. The fraction of sp³-hybridized carbons (Fsp3) is 0.471. The molecule has 5 nitrogen and oxygen atoms in total. The maximum atomic E-state index is 12.7. The maximum absolute atomic E-state index is 12.7. The number of rotatable bonds is 5. The summed E-state index contributed by atoms with van der Waals surface area (Å²) in [5.41, 5.74) is 0. The number of aryl methyl sites for hydroxylation is 1. The third-order valence-electron chi connectivity index (χ3n) is 4.58. The van der Waals surface area contributed by atoms with E-state index in [9.17, 15) is 8.42 Å². The zero-order valence-electron chi connectivity index (χ0n) is 13.7. The molecule has 1 aromatic carbocycles. The first-order valence-corrected chi connectivity index (χ1v) is 10.1. The predicted molar refractivity (Wildman–Crippen MR) is 94.5 cm³/mol. The summed E-state index contributed by atoms with van der Waals surface area (Å²) < 4.78 is 29.2. The molecule has 1 aliphatic rings. The van der Waals surface area contributed by atoms with Crippen molar-refractivity contribution in [3.63, 3.8) is 0 Å². The van der Waals surface area contributed by atoms with E-state index in [1.807, 2.05) is 12.4 Å². The van der Waals surface area contributed by atoms with Crippen LogP contribution in [0.15, 0.2) is 41.6 Å². The molecule has 1 aliphatic heterocycles. The van der Waals surface area contributed by atoms with Gasteiger partial charge in [-0.15, -0.1) is 0 Å². The molecule has 1 saturated heterocycles. The normalized spacial score (nSPS) is 17.2. The molecular weight excluding hydrogens is 346 g/mol. The minimum Gasteiger partial charge on any atom is -0.335 e. The molecule has 0 unspecified atom stereocenters. The number of piperidine rings is 1. The van der Waals surface area contributed by atoms with Crippen LogP contribution in [0, 0.1) is 5.92 Å². The fourth-order valence-electron chi connectivity index (χ4n) is 3.21. The molecule has 0 spiro atoms. The molecule has 24 heavy (non-hydrogen) atoms. The van der Waals surface area contributed by atoms with Crippen LogP contribution in [0.5, 0.6) is 0 Å². The highest BCUT2D eigenvalue weighted by Crippen LogP contribution is 2.26. The molecule has 3 rings (SSSR count). The smallest absolute Gasteiger partial charge is 0.243 e. The van der Waals surface area contributed by atoms with Crippen LogP contribution in [-0.4, -0.2) is 35.4 Å². The summed E-state index contributed by atoms with van der Waals surface area (Å²) in [5, 5.41) is 0.443. The van der Waals surface area contributed by atoms with Gasteiger partial charge in [-0.2, -0.15) is 4.31 Å². The standard InChI is InChI=1S/C17H22ClN3O2S/c1-2-17-19-8-11-20(17)13-14-6-9-21(10-7-14)24(22,23)16-5-3-4-15(18)12-16/h3-5,8,11-12,14H,2,6-7,9-10,13H2,1H3. The van der Waals surface area contributed by atoms with Crippen molar-refractivity contribution in [3.05, 3.63) is 47.5 Å². The zero-order chi connectivity index (χ0) is 17.2.